The summed E-state index contributed by atoms with van der Waals surface area (Å²) in [7, 11) is 3.08. The Labute approximate surface area is 86.6 Å². The lowest BCUT2D eigenvalue weighted by molar-refractivity contribution is 0.366. The highest BCUT2D eigenvalue weighted by Gasteiger charge is 2.35. The third kappa shape index (κ3) is 1.25. The molecule has 0 fully saturated rings. The van der Waals surface area contributed by atoms with Crippen LogP contribution >= 0.6 is 0 Å². The van der Waals surface area contributed by atoms with Crippen molar-refractivity contribution in [1.82, 2.24) is 9.78 Å². The molecule has 1 aliphatic rings. The molecule has 0 saturated heterocycles. The van der Waals surface area contributed by atoms with Crippen LogP contribution in [0.5, 0.6) is 5.88 Å². The number of nitrogens with zero attached hydrogens (tertiary/aromatic N) is 4. The Balaban J connectivity index is 2.83. The molecule has 6 heteroatoms. The number of fused-ring (bicyclic) bond motifs is 1. The zero-order valence-corrected chi connectivity index (χ0v) is 9.11. The van der Waals surface area contributed by atoms with Crippen molar-refractivity contribution in [2.45, 2.75) is 19.4 Å². The number of azo groups is 1. The van der Waals surface area contributed by atoms with E-state index in [1.165, 1.54) is 11.8 Å². The molecule has 1 aromatic heterocycles. The summed E-state index contributed by atoms with van der Waals surface area (Å²) < 4.78 is 6.34. The van der Waals surface area contributed by atoms with Crippen LogP contribution in [0.15, 0.2) is 15.0 Å². The van der Waals surface area contributed by atoms with Gasteiger partial charge in [0.15, 0.2) is 5.69 Å². The average molecular weight is 208 g/mol. The Bertz CT molecular complexity index is 502. The van der Waals surface area contributed by atoms with Crippen LogP contribution in [0.3, 0.4) is 0 Å². The molecule has 1 aliphatic heterocycles. The van der Waals surface area contributed by atoms with E-state index in [1.54, 1.807) is 7.05 Å². The van der Waals surface area contributed by atoms with Gasteiger partial charge in [-0.25, -0.2) is 4.68 Å². The normalized spacial score (nSPS) is 16.5. The van der Waals surface area contributed by atoms with Crippen molar-refractivity contribution in [3.05, 3.63) is 15.9 Å². The largest absolute Gasteiger partial charge is 0.480 e. The van der Waals surface area contributed by atoms with Gasteiger partial charge in [-0.2, -0.15) is 5.11 Å². The smallest absolute Gasteiger partial charge is 0.294 e. The maximum absolute atomic E-state index is 11.7. The van der Waals surface area contributed by atoms with Crippen LogP contribution in [0.25, 0.3) is 0 Å². The molecule has 0 atom stereocenters. The van der Waals surface area contributed by atoms with E-state index < -0.39 is 5.54 Å². The number of methoxy groups -OCH3 is 1. The van der Waals surface area contributed by atoms with E-state index >= 15 is 0 Å². The summed E-state index contributed by atoms with van der Waals surface area (Å²) >= 11 is 0. The summed E-state index contributed by atoms with van der Waals surface area (Å²) in [6.45, 7) is 3.73. The molecule has 0 saturated carbocycles. The highest BCUT2D eigenvalue weighted by atomic mass is 16.5. The van der Waals surface area contributed by atoms with E-state index in [4.69, 9.17) is 4.74 Å². The molecule has 0 amide bonds. The zero-order chi connectivity index (χ0) is 11.2. The second-order valence-electron chi connectivity index (χ2n) is 3.92. The minimum Gasteiger partial charge on any atom is -0.480 e. The summed E-state index contributed by atoms with van der Waals surface area (Å²) in [6.07, 6.45) is 0. The molecule has 0 spiro atoms. The van der Waals surface area contributed by atoms with Crippen molar-refractivity contribution in [3.8, 4) is 5.88 Å². The molecule has 2 rings (SSSR count). The number of hydrogen-bond donors (Lipinski definition) is 0. The van der Waals surface area contributed by atoms with Crippen LogP contribution in [-0.2, 0) is 12.6 Å². The fourth-order valence-electron chi connectivity index (χ4n) is 1.61. The first-order valence-corrected chi connectivity index (χ1v) is 4.56. The number of aromatic nitrogens is 2. The molecule has 0 bridgehead atoms. The van der Waals surface area contributed by atoms with Gasteiger partial charge >= 0.3 is 0 Å². The third-order valence-electron chi connectivity index (χ3n) is 2.39. The molecule has 0 aromatic carbocycles. The summed E-state index contributed by atoms with van der Waals surface area (Å²) in [5, 5.41) is 12.0. The Morgan fingerprint density at radius 2 is 2.07 bits per heavy atom. The molecule has 15 heavy (non-hydrogen) atoms. The number of rotatable bonds is 1. The molecular weight excluding hydrogens is 196 g/mol. The van der Waals surface area contributed by atoms with Gasteiger partial charge in [0.25, 0.3) is 5.56 Å². The van der Waals surface area contributed by atoms with E-state index in [0.29, 0.717) is 17.1 Å². The summed E-state index contributed by atoms with van der Waals surface area (Å²) in [5.74, 6) is 0.405. The van der Waals surface area contributed by atoms with Gasteiger partial charge < -0.3 is 4.74 Å². The predicted molar refractivity (Wildman–Crippen MR) is 53.6 cm³/mol. The second kappa shape index (κ2) is 2.88. The topological polar surface area (TPSA) is 68.8 Å². The van der Waals surface area contributed by atoms with Gasteiger partial charge in [-0.3, -0.25) is 4.79 Å². The monoisotopic (exact) mass is 208 g/mol. The minimum atomic E-state index is -0.541. The van der Waals surface area contributed by atoms with Crippen molar-refractivity contribution in [1.29, 1.82) is 0 Å². The Morgan fingerprint density at radius 3 is 2.67 bits per heavy atom. The van der Waals surface area contributed by atoms with Crippen LogP contribution in [0.4, 0.5) is 5.69 Å². The summed E-state index contributed by atoms with van der Waals surface area (Å²) in [5.41, 5.74) is 0.198. The van der Waals surface area contributed by atoms with Crippen LogP contribution in [0.2, 0.25) is 0 Å². The molecule has 80 valence electrons. The highest BCUT2D eigenvalue weighted by molar-refractivity contribution is 5.54. The van der Waals surface area contributed by atoms with Crippen LogP contribution in [0, 0.1) is 0 Å². The van der Waals surface area contributed by atoms with Gasteiger partial charge in [-0.05, 0) is 13.8 Å². The minimum absolute atomic E-state index is 0.250. The first-order valence-electron chi connectivity index (χ1n) is 4.56. The van der Waals surface area contributed by atoms with Crippen molar-refractivity contribution in [2.24, 2.45) is 17.3 Å². The maximum Gasteiger partial charge on any atom is 0.294 e. The summed E-state index contributed by atoms with van der Waals surface area (Å²) in [6, 6.07) is 0. The van der Waals surface area contributed by atoms with Gasteiger partial charge in [0, 0.05) is 7.05 Å². The van der Waals surface area contributed by atoms with E-state index in [-0.39, 0.29) is 5.56 Å². The van der Waals surface area contributed by atoms with Crippen molar-refractivity contribution in [2.75, 3.05) is 7.11 Å². The van der Waals surface area contributed by atoms with Gasteiger partial charge in [-0.15, -0.1) is 10.2 Å². The van der Waals surface area contributed by atoms with Crippen molar-refractivity contribution in [3.63, 3.8) is 0 Å². The molecule has 0 unspecified atom stereocenters. The second-order valence-corrected chi connectivity index (χ2v) is 3.92. The van der Waals surface area contributed by atoms with Gasteiger partial charge in [0.05, 0.1) is 12.7 Å². The molecule has 0 N–H and O–H groups in total. The Kier molecular flexibility index (Phi) is 1.89. The lowest BCUT2D eigenvalue weighted by Crippen LogP contribution is -2.23. The quantitative estimate of drug-likeness (QED) is 0.694. The number of hydrogen-bond acceptors (Lipinski definition) is 5. The van der Waals surface area contributed by atoms with Crippen LogP contribution in [-0.4, -0.2) is 16.9 Å². The van der Waals surface area contributed by atoms with E-state index in [1.807, 2.05) is 13.8 Å². The van der Waals surface area contributed by atoms with E-state index in [9.17, 15) is 4.79 Å². The molecule has 6 nitrogen and oxygen atoms in total. The number of ether oxygens (including phenoxy) is 1. The molecule has 0 aliphatic carbocycles. The van der Waals surface area contributed by atoms with Crippen molar-refractivity contribution >= 4 is 5.69 Å². The Morgan fingerprint density at radius 1 is 1.40 bits per heavy atom. The maximum atomic E-state index is 11.7. The fraction of sp³-hybridized carbons (Fsp3) is 0.556. The molecule has 1 aromatic rings. The lowest BCUT2D eigenvalue weighted by atomic mass is 9.97. The zero-order valence-electron chi connectivity index (χ0n) is 9.11. The fourth-order valence-corrected chi connectivity index (χ4v) is 1.61. The van der Waals surface area contributed by atoms with Crippen LogP contribution in [0.1, 0.15) is 19.4 Å². The predicted octanol–water partition coefficient (Wildman–Crippen LogP) is 1.12. The molecule has 0 radical (unpaired) electrons. The van der Waals surface area contributed by atoms with Gasteiger partial charge in [0.2, 0.25) is 5.88 Å². The first kappa shape index (κ1) is 9.82. The Hall–Kier alpha value is -1.72. The SMILES string of the molecule is COc1nn(C)c(=O)c2c1C(C)(C)N=N2. The molecular formula is C9H12N4O2. The first-order chi connectivity index (χ1) is 6.97. The molecule has 2 heterocycles. The van der Waals surface area contributed by atoms with E-state index in [0.717, 1.165) is 0 Å². The third-order valence-corrected chi connectivity index (χ3v) is 2.39. The van der Waals surface area contributed by atoms with Crippen molar-refractivity contribution < 1.29 is 4.74 Å². The standard InChI is InChI=1S/C9H12N4O2/c1-9(2)5-6(10-12-9)8(14)13(3)11-7(5)15-4/h1-4H3. The van der Waals surface area contributed by atoms with Crippen LogP contribution < -0.4 is 10.3 Å². The van der Waals surface area contributed by atoms with Gasteiger partial charge in [-0.1, -0.05) is 0 Å². The lowest BCUT2D eigenvalue weighted by Gasteiger charge is -2.16. The van der Waals surface area contributed by atoms with E-state index in [2.05, 4.69) is 15.3 Å². The highest BCUT2D eigenvalue weighted by Crippen LogP contribution is 2.42. The van der Waals surface area contributed by atoms with Gasteiger partial charge in [0.1, 0.15) is 5.54 Å². The number of aryl methyl sites for hydroxylation is 1. The average Bonchev–Trinajstić information content (AvgIpc) is 2.49. The summed E-state index contributed by atoms with van der Waals surface area (Å²) in [4.78, 5) is 11.7.